The lowest BCUT2D eigenvalue weighted by Gasteiger charge is -2.29. The van der Waals surface area contributed by atoms with Crippen molar-refractivity contribution in [1.29, 1.82) is 0 Å². The first-order valence-corrected chi connectivity index (χ1v) is 9.00. The monoisotopic (exact) mass is 311 g/mol. The molecule has 1 aromatic carbocycles. The third-order valence-corrected chi connectivity index (χ3v) is 6.04. The summed E-state index contributed by atoms with van der Waals surface area (Å²) in [5, 5.41) is 9.55. The van der Waals surface area contributed by atoms with Crippen molar-refractivity contribution in [2.45, 2.75) is 56.9 Å². The van der Waals surface area contributed by atoms with Gasteiger partial charge in [-0.25, -0.2) is 13.1 Å². The fraction of sp³-hybridized carbons (Fsp3) is 0.625. The first-order chi connectivity index (χ1) is 9.78. The van der Waals surface area contributed by atoms with Gasteiger partial charge in [-0.2, -0.15) is 0 Å². The largest absolute Gasteiger partial charge is 0.396 e. The van der Waals surface area contributed by atoms with Crippen molar-refractivity contribution in [3.8, 4) is 0 Å². The second-order valence-corrected chi connectivity index (χ2v) is 8.32. The number of benzene rings is 1. The maximum atomic E-state index is 12.6. The summed E-state index contributed by atoms with van der Waals surface area (Å²) in [6.45, 7) is 6.03. The minimum absolute atomic E-state index is 0.00617. The third-order valence-electron chi connectivity index (χ3n) is 4.58. The second kappa shape index (κ2) is 6.07. The predicted molar refractivity (Wildman–Crippen MR) is 83.7 cm³/mol. The zero-order chi connectivity index (χ0) is 15.7. The highest BCUT2D eigenvalue weighted by molar-refractivity contribution is 7.89. The summed E-state index contributed by atoms with van der Waals surface area (Å²) < 4.78 is 27.9. The van der Waals surface area contributed by atoms with Crippen LogP contribution < -0.4 is 4.72 Å². The van der Waals surface area contributed by atoms with Crippen LogP contribution in [0.4, 0.5) is 0 Å². The van der Waals surface area contributed by atoms with Gasteiger partial charge in [0.15, 0.2) is 0 Å². The molecule has 0 saturated heterocycles. The molecular weight excluding hydrogens is 286 g/mol. The fourth-order valence-electron chi connectivity index (χ4n) is 2.92. The number of nitrogens with one attached hydrogen (secondary N) is 1. The first kappa shape index (κ1) is 16.5. The average Bonchev–Trinajstić information content (AvgIpc) is 2.80. The number of hydrogen-bond donors (Lipinski definition) is 2. The number of aliphatic hydroxyl groups is 1. The quantitative estimate of drug-likeness (QED) is 0.878. The normalized spacial score (nSPS) is 26.4. The molecule has 21 heavy (non-hydrogen) atoms. The van der Waals surface area contributed by atoms with Gasteiger partial charge in [-0.3, -0.25) is 0 Å². The van der Waals surface area contributed by atoms with Crippen LogP contribution in [-0.2, 0) is 10.0 Å². The zero-order valence-corrected chi connectivity index (χ0v) is 13.8. The average molecular weight is 311 g/mol. The maximum Gasteiger partial charge on any atom is 0.240 e. The Hall–Kier alpha value is -0.910. The molecule has 0 unspecified atom stereocenters. The standard InChI is InChI=1S/C16H25NO3S/c1-12(2)13-6-4-7-14(10-13)21(19,20)17-15-8-5-9-16(15,3)11-18/h4,6-7,10,12,15,17-18H,5,8-9,11H2,1-3H3/t15-,16+/m1/s1. The summed E-state index contributed by atoms with van der Waals surface area (Å²) in [5.41, 5.74) is 0.650. The number of hydrogen-bond acceptors (Lipinski definition) is 3. The molecule has 5 heteroatoms. The van der Waals surface area contributed by atoms with E-state index in [0.29, 0.717) is 4.90 Å². The van der Waals surface area contributed by atoms with E-state index in [4.69, 9.17) is 0 Å². The molecule has 0 radical (unpaired) electrons. The molecule has 4 nitrogen and oxygen atoms in total. The van der Waals surface area contributed by atoms with Crippen LogP contribution in [0, 0.1) is 5.41 Å². The molecule has 2 rings (SSSR count). The van der Waals surface area contributed by atoms with E-state index in [1.807, 2.05) is 26.8 Å². The van der Waals surface area contributed by atoms with Crippen molar-refractivity contribution in [1.82, 2.24) is 4.72 Å². The molecule has 1 saturated carbocycles. The molecule has 2 N–H and O–H groups in total. The molecule has 1 aliphatic carbocycles. The van der Waals surface area contributed by atoms with Crippen LogP contribution in [-0.4, -0.2) is 26.2 Å². The van der Waals surface area contributed by atoms with Gasteiger partial charge in [0.1, 0.15) is 0 Å². The lowest BCUT2D eigenvalue weighted by Crippen LogP contribution is -2.44. The Labute approximate surface area is 127 Å². The summed E-state index contributed by atoms with van der Waals surface area (Å²) in [7, 11) is -3.54. The molecule has 0 aromatic heterocycles. The molecule has 1 aliphatic rings. The van der Waals surface area contributed by atoms with E-state index in [-0.39, 0.29) is 24.0 Å². The molecule has 0 heterocycles. The highest BCUT2D eigenvalue weighted by Gasteiger charge is 2.40. The minimum atomic E-state index is -3.54. The summed E-state index contributed by atoms with van der Waals surface area (Å²) in [5.74, 6) is 0.286. The first-order valence-electron chi connectivity index (χ1n) is 7.52. The van der Waals surface area contributed by atoms with E-state index >= 15 is 0 Å². The van der Waals surface area contributed by atoms with Crippen molar-refractivity contribution in [3.05, 3.63) is 29.8 Å². The van der Waals surface area contributed by atoms with Crippen LogP contribution >= 0.6 is 0 Å². The van der Waals surface area contributed by atoms with Crippen LogP contribution in [0.15, 0.2) is 29.2 Å². The molecule has 0 spiro atoms. The molecule has 0 amide bonds. The Kier molecular flexibility index (Phi) is 4.76. The lowest BCUT2D eigenvalue weighted by molar-refractivity contribution is 0.127. The molecule has 1 aromatic rings. The van der Waals surface area contributed by atoms with E-state index in [2.05, 4.69) is 4.72 Å². The van der Waals surface area contributed by atoms with Crippen molar-refractivity contribution in [3.63, 3.8) is 0 Å². The number of sulfonamides is 1. The molecule has 0 bridgehead atoms. The Morgan fingerprint density at radius 2 is 2.14 bits per heavy atom. The van der Waals surface area contributed by atoms with Gasteiger partial charge in [0.25, 0.3) is 0 Å². The number of rotatable bonds is 5. The van der Waals surface area contributed by atoms with Crippen LogP contribution in [0.3, 0.4) is 0 Å². The van der Waals surface area contributed by atoms with Crippen LogP contribution in [0.25, 0.3) is 0 Å². The molecule has 2 atom stereocenters. The van der Waals surface area contributed by atoms with Gasteiger partial charge < -0.3 is 5.11 Å². The Morgan fingerprint density at radius 1 is 1.43 bits per heavy atom. The lowest BCUT2D eigenvalue weighted by atomic mass is 9.86. The van der Waals surface area contributed by atoms with Crippen molar-refractivity contribution in [2.75, 3.05) is 6.61 Å². The van der Waals surface area contributed by atoms with E-state index in [1.165, 1.54) is 0 Å². The molecular formula is C16H25NO3S. The number of aliphatic hydroxyl groups excluding tert-OH is 1. The molecule has 118 valence electrons. The van der Waals surface area contributed by atoms with Crippen LogP contribution in [0.2, 0.25) is 0 Å². The summed E-state index contributed by atoms with van der Waals surface area (Å²) in [6, 6.07) is 6.88. The van der Waals surface area contributed by atoms with Crippen molar-refractivity contribution in [2.24, 2.45) is 5.41 Å². The van der Waals surface area contributed by atoms with Gasteiger partial charge in [0.2, 0.25) is 10.0 Å². The van der Waals surface area contributed by atoms with E-state index < -0.39 is 10.0 Å². The summed E-state index contributed by atoms with van der Waals surface area (Å²) in [6.07, 6.45) is 2.57. The maximum absolute atomic E-state index is 12.6. The SMILES string of the molecule is CC(C)c1cccc(S(=O)(=O)N[C@@H]2CCC[C@@]2(C)CO)c1. The Bertz CT molecular complexity index is 597. The van der Waals surface area contributed by atoms with Crippen molar-refractivity contribution >= 4 is 10.0 Å². The zero-order valence-electron chi connectivity index (χ0n) is 13.0. The Balaban J connectivity index is 2.25. The van der Waals surface area contributed by atoms with Gasteiger partial charge >= 0.3 is 0 Å². The second-order valence-electron chi connectivity index (χ2n) is 6.61. The highest BCUT2D eigenvalue weighted by atomic mass is 32.2. The summed E-state index contributed by atoms with van der Waals surface area (Å²) >= 11 is 0. The van der Waals surface area contributed by atoms with Crippen molar-refractivity contribution < 1.29 is 13.5 Å². The highest BCUT2D eigenvalue weighted by Crippen LogP contribution is 2.38. The summed E-state index contributed by atoms with van der Waals surface area (Å²) in [4.78, 5) is 0.306. The van der Waals surface area contributed by atoms with E-state index in [0.717, 1.165) is 24.8 Å². The van der Waals surface area contributed by atoms with Gasteiger partial charge in [-0.05, 0) is 36.5 Å². The van der Waals surface area contributed by atoms with E-state index in [9.17, 15) is 13.5 Å². The van der Waals surface area contributed by atoms with Crippen LogP contribution in [0.1, 0.15) is 51.5 Å². The molecule has 0 aliphatic heterocycles. The fourth-order valence-corrected chi connectivity index (χ4v) is 4.38. The minimum Gasteiger partial charge on any atom is -0.396 e. The van der Waals surface area contributed by atoms with Crippen LogP contribution in [0.5, 0.6) is 0 Å². The Morgan fingerprint density at radius 3 is 2.76 bits per heavy atom. The predicted octanol–water partition coefficient (Wildman–Crippen LogP) is 2.64. The third kappa shape index (κ3) is 3.47. The van der Waals surface area contributed by atoms with Gasteiger partial charge in [0, 0.05) is 18.1 Å². The van der Waals surface area contributed by atoms with Gasteiger partial charge in [-0.1, -0.05) is 39.3 Å². The van der Waals surface area contributed by atoms with Gasteiger partial charge in [-0.15, -0.1) is 0 Å². The van der Waals surface area contributed by atoms with E-state index in [1.54, 1.807) is 18.2 Å². The molecule has 1 fully saturated rings. The van der Waals surface area contributed by atoms with Gasteiger partial charge in [0.05, 0.1) is 4.90 Å². The topological polar surface area (TPSA) is 66.4 Å². The smallest absolute Gasteiger partial charge is 0.240 e.